The lowest BCUT2D eigenvalue weighted by Crippen LogP contribution is -2.13. The molecule has 0 unspecified atom stereocenters. The summed E-state index contributed by atoms with van der Waals surface area (Å²) in [5, 5.41) is 8.46. The van der Waals surface area contributed by atoms with E-state index in [1.54, 1.807) is 18.2 Å². The van der Waals surface area contributed by atoms with Crippen molar-refractivity contribution in [3.05, 3.63) is 65.7 Å². The van der Waals surface area contributed by atoms with E-state index in [0.717, 1.165) is 11.1 Å². The lowest BCUT2D eigenvalue weighted by molar-refractivity contribution is -0.138. The number of rotatable bonds is 4. The second-order valence-electron chi connectivity index (χ2n) is 5.62. The average molecular weight is 316 g/mol. The molecular formula is C17H16O4S. The zero-order chi connectivity index (χ0) is 15.9. The van der Waals surface area contributed by atoms with Crippen LogP contribution in [-0.4, -0.2) is 24.7 Å². The van der Waals surface area contributed by atoms with Gasteiger partial charge in [0.05, 0.1) is 16.1 Å². The fourth-order valence-electron chi connectivity index (χ4n) is 2.92. The molecule has 1 saturated carbocycles. The van der Waals surface area contributed by atoms with E-state index in [2.05, 4.69) is 0 Å². The Hall–Kier alpha value is -2.14. The normalized spacial score (nSPS) is 24.0. The van der Waals surface area contributed by atoms with Crippen LogP contribution in [0.15, 0.2) is 59.5 Å². The molecule has 22 heavy (non-hydrogen) atoms. The van der Waals surface area contributed by atoms with Crippen molar-refractivity contribution in [2.45, 2.75) is 23.0 Å². The number of hydrogen-bond donors (Lipinski definition) is 1. The van der Waals surface area contributed by atoms with Crippen LogP contribution in [0.1, 0.15) is 17.0 Å². The van der Waals surface area contributed by atoms with E-state index >= 15 is 0 Å². The lowest BCUT2D eigenvalue weighted by atomic mass is 10.1. The highest BCUT2D eigenvalue weighted by Gasteiger charge is 2.63. The van der Waals surface area contributed by atoms with E-state index in [-0.39, 0.29) is 4.90 Å². The zero-order valence-corrected chi connectivity index (χ0v) is 12.8. The Bertz CT molecular complexity index is 794. The molecule has 5 heteroatoms. The van der Waals surface area contributed by atoms with Gasteiger partial charge in [-0.1, -0.05) is 48.0 Å². The molecule has 0 heterocycles. The van der Waals surface area contributed by atoms with Crippen molar-refractivity contribution >= 4 is 15.8 Å². The standard InChI is InChI=1S/C17H16O4S/c1-11-7-9-12(10-8-11)14-15(17(18)19)16(14)22(20,21)13-5-3-2-4-6-13/h2-10,14-16H,1H3,(H,18,19)/t14-,15-,16+/m1/s1. The molecule has 1 aliphatic carbocycles. The molecule has 1 fully saturated rings. The fourth-order valence-corrected chi connectivity index (χ4v) is 5.06. The van der Waals surface area contributed by atoms with Crippen molar-refractivity contribution in [3.8, 4) is 0 Å². The minimum Gasteiger partial charge on any atom is -0.481 e. The summed E-state index contributed by atoms with van der Waals surface area (Å²) in [4.78, 5) is 11.6. The number of sulfone groups is 1. The second-order valence-corrected chi connectivity index (χ2v) is 7.73. The molecular weight excluding hydrogens is 300 g/mol. The minimum absolute atomic E-state index is 0.181. The summed E-state index contributed by atoms with van der Waals surface area (Å²) in [6.45, 7) is 1.93. The van der Waals surface area contributed by atoms with Gasteiger partial charge in [-0.2, -0.15) is 0 Å². The Morgan fingerprint density at radius 2 is 1.59 bits per heavy atom. The first-order valence-corrected chi connectivity index (χ1v) is 8.56. The zero-order valence-electron chi connectivity index (χ0n) is 12.0. The molecule has 0 saturated heterocycles. The maximum absolute atomic E-state index is 12.7. The predicted molar refractivity (Wildman–Crippen MR) is 82.5 cm³/mol. The van der Waals surface area contributed by atoms with Gasteiger partial charge in [-0.3, -0.25) is 4.79 Å². The van der Waals surface area contributed by atoms with Crippen LogP contribution in [0.4, 0.5) is 0 Å². The quantitative estimate of drug-likeness (QED) is 0.941. The first-order chi connectivity index (χ1) is 10.4. The molecule has 3 atom stereocenters. The van der Waals surface area contributed by atoms with E-state index < -0.39 is 32.9 Å². The van der Waals surface area contributed by atoms with E-state index in [1.165, 1.54) is 12.1 Å². The summed E-state index contributed by atoms with van der Waals surface area (Å²) in [6.07, 6.45) is 0. The Labute approximate surface area is 129 Å². The SMILES string of the molecule is Cc1ccc([C@@H]2[C@@H](C(=O)O)[C@H]2S(=O)(=O)c2ccccc2)cc1. The Morgan fingerprint density at radius 3 is 2.14 bits per heavy atom. The Morgan fingerprint density at radius 1 is 1.00 bits per heavy atom. The van der Waals surface area contributed by atoms with Gasteiger partial charge in [0.2, 0.25) is 0 Å². The van der Waals surface area contributed by atoms with Crippen molar-refractivity contribution in [1.29, 1.82) is 0 Å². The van der Waals surface area contributed by atoms with Crippen molar-refractivity contribution in [3.63, 3.8) is 0 Å². The third-order valence-corrected chi connectivity index (χ3v) is 6.36. The molecule has 3 rings (SSSR count). The molecule has 0 spiro atoms. The van der Waals surface area contributed by atoms with Crippen LogP contribution in [0, 0.1) is 12.8 Å². The first kappa shape index (κ1) is 14.8. The van der Waals surface area contributed by atoms with E-state index in [1.807, 2.05) is 31.2 Å². The largest absolute Gasteiger partial charge is 0.481 e. The van der Waals surface area contributed by atoms with Gasteiger partial charge in [-0.15, -0.1) is 0 Å². The second kappa shape index (κ2) is 5.25. The smallest absolute Gasteiger partial charge is 0.308 e. The summed E-state index contributed by atoms with van der Waals surface area (Å²) in [6, 6.07) is 15.4. The van der Waals surface area contributed by atoms with Gasteiger partial charge in [-0.25, -0.2) is 8.42 Å². The van der Waals surface area contributed by atoms with Gasteiger partial charge < -0.3 is 5.11 Å². The lowest BCUT2D eigenvalue weighted by Gasteiger charge is -2.04. The summed E-state index contributed by atoms with van der Waals surface area (Å²) in [7, 11) is -3.65. The average Bonchev–Trinajstić information content (AvgIpc) is 3.25. The highest BCUT2D eigenvalue weighted by atomic mass is 32.2. The van der Waals surface area contributed by atoms with Crippen LogP contribution < -0.4 is 0 Å². The minimum atomic E-state index is -3.65. The van der Waals surface area contributed by atoms with Gasteiger partial charge in [0.25, 0.3) is 0 Å². The summed E-state index contributed by atoms with van der Waals surface area (Å²) < 4.78 is 25.4. The highest BCUT2D eigenvalue weighted by Crippen LogP contribution is 2.54. The number of carboxylic acid groups (broad SMARTS) is 1. The molecule has 114 valence electrons. The van der Waals surface area contributed by atoms with Crippen LogP contribution in [0.3, 0.4) is 0 Å². The number of carbonyl (C=O) groups is 1. The number of hydrogen-bond acceptors (Lipinski definition) is 3. The van der Waals surface area contributed by atoms with Crippen LogP contribution in [0.5, 0.6) is 0 Å². The van der Waals surface area contributed by atoms with E-state index in [4.69, 9.17) is 0 Å². The molecule has 1 N–H and O–H groups in total. The molecule has 2 aromatic carbocycles. The summed E-state index contributed by atoms with van der Waals surface area (Å²) in [5.41, 5.74) is 1.82. The molecule has 1 aliphatic rings. The molecule has 2 aromatic rings. The number of aliphatic carboxylic acids is 1. The molecule has 0 aliphatic heterocycles. The van der Waals surface area contributed by atoms with Gasteiger partial charge >= 0.3 is 5.97 Å². The fraction of sp³-hybridized carbons (Fsp3) is 0.235. The van der Waals surface area contributed by atoms with E-state index in [0.29, 0.717) is 0 Å². The maximum Gasteiger partial charge on any atom is 0.308 e. The Balaban J connectivity index is 1.99. The van der Waals surface area contributed by atoms with Crippen molar-refractivity contribution in [2.24, 2.45) is 5.92 Å². The molecule has 0 bridgehead atoms. The number of aryl methyl sites for hydroxylation is 1. The highest BCUT2D eigenvalue weighted by molar-refractivity contribution is 7.92. The van der Waals surface area contributed by atoms with Crippen LogP contribution in [0.25, 0.3) is 0 Å². The van der Waals surface area contributed by atoms with Crippen LogP contribution >= 0.6 is 0 Å². The van der Waals surface area contributed by atoms with Crippen LogP contribution in [-0.2, 0) is 14.6 Å². The third kappa shape index (κ3) is 2.41. The maximum atomic E-state index is 12.7. The molecule has 0 radical (unpaired) electrons. The topological polar surface area (TPSA) is 71.4 Å². The number of benzene rings is 2. The monoisotopic (exact) mass is 316 g/mol. The number of carboxylic acids is 1. The van der Waals surface area contributed by atoms with Gasteiger partial charge in [-0.05, 0) is 24.6 Å². The van der Waals surface area contributed by atoms with E-state index in [9.17, 15) is 18.3 Å². The third-order valence-electron chi connectivity index (χ3n) is 4.13. The van der Waals surface area contributed by atoms with Crippen LogP contribution in [0.2, 0.25) is 0 Å². The molecule has 0 amide bonds. The Kier molecular flexibility index (Phi) is 3.53. The molecule has 4 nitrogen and oxygen atoms in total. The summed E-state index contributed by atoms with van der Waals surface area (Å²) in [5.74, 6) is -2.42. The molecule has 0 aromatic heterocycles. The van der Waals surface area contributed by atoms with Gasteiger partial charge in [0, 0.05) is 5.92 Å². The van der Waals surface area contributed by atoms with Crippen molar-refractivity contribution in [2.75, 3.05) is 0 Å². The predicted octanol–water partition coefficient (Wildman–Crippen LogP) is 2.64. The first-order valence-electron chi connectivity index (χ1n) is 7.01. The summed E-state index contributed by atoms with van der Waals surface area (Å²) >= 11 is 0. The van der Waals surface area contributed by atoms with Gasteiger partial charge in [0.1, 0.15) is 0 Å². The van der Waals surface area contributed by atoms with Gasteiger partial charge in [0.15, 0.2) is 9.84 Å². The van der Waals surface area contributed by atoms with Crippen molar-refractivity contribution < 1.29 is 18.3 Å². The van der Waals surface area contributed by atoms with Crippen molar-refractivity contribution in [1.82, 2.24) is 0 Å².